The van der Waals surface area contributed by atoms with Crippen LogP contribution in [0.5, 0.6) is 0 Å². The highest BCUT2D eigenvalue weighted by Crippen LogP contribution is 2.28. The molecule has 0 radical (unpaired) electrons. The SMILES string of the molecule is CCCn1c(S[C@H](C)C(=O)Nc2ccc(F)c(F)c2)nnc1-c1cccc(C)c1. The Morgan fingerprint density at radius 1 is 1.17 bits per heavy atom. The maximum Gasteiger partial charge on any atom is 0.237 e. The summed E-state index contributed by atoms with van der Waals surface area (Å²) < 4.78 is 28.4. The molecule has 0 aliphatic carbocycles. The molecule has 3 rings (SSSR count). The molecule has 0 spiro atoms. The van der Waals surface area contributed by atoms with E-state index in [0.717, 1.165) is 42.0 Å². The number of nitrogens with one attached hydrogen (secondary N) is 1. The van der Waals surface area contributed by atoms with Crippen LogP contribution >= 0.6 is 11.8 Å². The van der Waals surface area contributed by atoms with Crippen LogP contribution in [0.3, 0.4) is 0 Å². The van der Waals surface area contributed by atoms with Crippen molar-refractivity contribution in [3.8, 4) is 11.4 Å². The molecule has 29 heavy (non-hydrogen) atoms. The molecular weight excluding hydrogens is 394 g/mol. The molecule has 0 fully saturated rings. The number of rotatable bonds is 7. The molecule has 8 heteroatoms. The number of amides is 1. The van der Waals surface area contributed by atoms with E-state index in [2.05, 4.69) is 22.4 Å². The van der Waals surface area contributed by atoms with Crippen LogP contribution in [-0.4, -0.2) is 25.9 Å². The van der Waals surface area contributed by atoms with Gasteiger partial charge in [-0.25, -0.2) is 8.78 Å². The van der Waals surface area contributed by atoms with Crippen molar-refractivity contribution in [3.63, 3.8) is 0 Å². The Labute approximate surface area is 172 Å². The van der Waals surface area contributed by atoms with Crippen LogP contribution in [0.2, 0.25) is 0 Å². The molecule has 1 amide bonds. The van der Waals surface area contributed by atoms with Gasteiger partial charge in [-0.3, -0.25) is 4.79 Å². The molecule has 5 nitrogen and oxygen atoms in total. The lowest BCUT2D eigenvalue weighted by atomic mass is 10.1. The molecular formula is C21H22F2N4OS. The number of hydrogen-bond acceptors (Lipinski definition) is 4. The van der Waals surface area contributed by atoms with Gasteiger partial charge in [0.05, 0.1) is 5.25 Å². The molecule has 0 saturated carbocycles. The summed E-state index contributed by atoms with van der Waals surface area (Å²) >= 11 is 1.27. The van der Waals surface area contributed by atoms with Crippen molar-refractivity contribution >= 4 is 23.4 Å². The Bertz CT molecular complexity index is 1020. The third-order valence-corrected chi connectivity index (χ3v) is 5.36. The summed E-state index contributed by atoms with van der Waals surface area (Å²) in [4.78, 5) is 12.5. The van der Waals surface area contributed by atoms with Gasteiger partial charge in [0.15, 0.2) is 22.6 Å². The molecule has 2 aromatic carbocycles. The van der Waals surface area contributed by atoms with E-state index < -0.39 is 16.9 Å². The van der Waals surface area contributed by atoms with Gasteiger partial charge in [0.25, 0.3) is 0 Å². The van der Waals surface area contributed by atoms with E-state index in [1.165, 1.54) is 17.8 Å². The smallest absolute Gasteiger partial charge is 0.237 e. The standard InChI is InChI=1S/C21H22F2N4OS/c1-4-10-27-19(15-7-5-6-13(2)11-15)25-26-21(27)29-14(3)20(28)24-16-8-9-17(22)18(23)12-16/h5-9,11-12,14H,4,10H2,1-3H3,(H,24,28)/t14-/m1/s1. The first-order chi connectivity index (χ1) is 13.9. The second-order valence-corrected chi connectivity index (χ2v) is 8.01. The zero-order chi connectivity index (χ0) is 21.0. The Morgan fingerprint density at radius 2 is 1.97 bits per heavy atom. The number of carbonyl (C=O) groups excluding carboxylic acids is 1. The van der Waals surface area contributed by atoms with Crippen LogP contribution in [-0.2, 0) is 11.3 Å². The van der Waals surface area contributed by atoms with Crippen molar-refractivity contribution in [2.75, 3.05) is 5.32 Å². The fraction of sp³-hybridized carbons (Fsp3) is 0.286. The topological polar surface area (TPSA) is 59.8 Å². The van der Waals surface area contributed by atoms with E-state index in [0.29, 0.717) is 5.16 Å². The molecule has 0 aliphatic rings. The second kappa shape index (κ2) is 9.17. The largest absolute Gasteiger partial charge is 0.325 e. The molecule has 152 valence electrons. The van der Waals surface area contributed by atoms with Crippen LogP contribution in [0.4, 0.5) is 14.5 Å². The van der Waals surface area contributed by atoms with Crippen LogP contribution in [0.25, 0.3) is 11.4 Å². The van der Waals surface area contributed by atoms with Crippen molar-refractivity contribution in [2.45, 2.75) is 44.1 Å². The predicted octanol–water partition coefficient (Wildman–Crippen LogP) is 5.06. The Hall–Kier alpha value is -2.74. The zero-order valence-electron chi connectivity index (χ0n) is 16.4. The first kappa shape index (κ1) is 21.0. The van der Waals surface area contributed by atoms with Gasteiger partial charge in [0.1, 0.15) is 0 Å². The normalized spacial score (nSPS) is 12.0. The fourth-order valence-corrected chi connectivity index (χ4v) is 3.70. The minimum atomic E-state index is -1.01. The van der Waals surface area contributed by atoms with Gasteiger partial charge < -0.3 is 9.88 Å². The van der Waals surface area contributed by atoms with E-state index in [1.54, 1.807) is 6.92 Å². The summed E-state index contributed by atoms with van der Waals surface area (Å²) in [6, 6.07) is 11.3. The molecule has 0 aliphatic heterocycles. The van der Waals surface area contributed by atoms with Crippen molar-refractivity contribution in [2.24, 2.45) is 0 Å². The van der Waals surface area contributed by atoms with Gasteiger partial charge in [-0.2, -0.15) is 0 Å². The molecule has 1 heterocycles. The van der Waals surface area contributed by atoms with Crippen molar-refractivity contribution in [3.05, 3.63) is 59.7 Å². The van der Waals surface area contributed by atoms with E-state index >= 15 is 0 Å². The molecule has 0 saturated heterocycles. The van der Waals surface area contributed by atoms with Crippen molar-refractivity contribution < 1.29 is 13.6 Å². The molecule has 0 bridgehead atoms. The van der Waals surface area contributed by atoms with Crippen molar-refractivity contribution in [1.82, 2.24) is 14.8 Å². The molecule has 1 N–H and O–H groups in total. The summed E-state index contributed by atoms with van der Waals surface area (Å²) in [6.45, 7) is 6.53. The Balaban J connectivity index is 1.78. The number of halogens is 2. The average Bonchev–Trinajstić information content (AvgIpc) is 3.07. The number of aromatic nitrogens is 3. The Kier molecular flexibility index (Phi) is 6.64. The molecule has 1 atom stereocenters. The lowest BCUT2D eigenvalue weighted by Gasteiger charge is -2.13. The van der Waals surface area contributed by atoms with E-state index in [9.17, 15) is 13.6 Å². The minimum Gasteiger partial charge on any atom is -0.325 e. The summed E-state index contributed by atoms with van der Waals surface area (Å²) in [5.74, 6) is -1.54. The highest BCUT2D eigenvalue weighted by molar-refractivity contribution is 8.00. The first-order valence-corrected chi connectivity index (χ1v) is 10.2. The fourth-order valence-electron chi connectivity index (χ4n) is 2.83. The zero-order valence-corrected chi connectivity index (χ0v) is 17.3. The monoisotopic (exact) mass is 416 g/mol. The van der Waals surface area contributed by atoms with Crippen LogP contribution in [0.15, 0.2) is 47.6 Å². The number of nitrogens with zero attached hydrogens (tertiary/aromatic N) is 3. The van der Waals surface area contributed by atoms with Gasteiger partial charge >= 0.3 is 0 Å². The summed E-state index contributed by atoms with van der Waals surface area (Å²) in [5.41, 5.74) is 2.30. The summed E-state index contributed by atoms with van der Waals surface area (Å²) in [6.07, 6.45) is 0.889. The van der Waals surface area contributed by atoms with Crippen LogP contribution < -0.4 is 5.32 Å². The highest BCUT2D eigenvalue weighted by Gasteiger charge is 2.21. The van der Waals surface area contributed by atoms with E-state index in [-0.39, 0.29) is 11.6 Å². The minimum absolute atomic E-state index is 0.205. The number of thioether (sulfide) groups is 1. The predicted molar refractivity (Wildman–Crippen MR) is 111 cm³/mol. The van der Waals surface area contributed by atoms with Crippen molar-refractivity contribution in [1.29, 1.82) is 0 Å². The lowest BCUT2D eigenvalue weighted by molar-refractivity contribution is -0.115. The maximum atomic E-state index is 13.4. The molecule has 3 aromatic rings. The second-order valence-electron chi connectivity index (χ2n) is 6.71. The van der Waals surface area contributed by atoms with Gasteiger partial charge in [-0.1, -0.05) is 42.4 Å². The van der Waals surface area contributed by atoms with Gasteiger partial charge in [0, 0.05) is 23.9 Å². The summed E-state index contributed by atoms with van der Waals surface area (Å²) in [5, 5.41) is 11.3. The van der Waals surface area contributed by atoms with Gasteiger partial charge in [-0.05, 0) is 38.5 Å². The quantitative estimate of drug-likeness (QED) is 0.547. The van der Waals surface area contributed by atoms with Crippen LogP contribution in [0.1, 0.15) is 25.8 Å². The van der Waals surface area contributed by atoms with E-state index in [1.807, 2.05) is 35.8 Å². The molecule has 1 aromatic heterocycles. The highest BCUT2D eigenvalue weighted by atomic mass is 32.2. The average molecular weight is 416 g/mol. The maximum absolute atomic E-state index is 13.4. The van der Waals surface area contributed by atoms with E-state index in [4.69, 9.17) is 0 Å². The third-order valence-electron chi connectivity index (χ3n) is 4.28. The Morgan fingerprint density at radius 3 is 2.66 bits per heavy atom. The number of hydrogen-bond donors (Lipinski definition) is 1. The third kappa shape index (κ3) is 5.00. The number of carbonyl (C=O) groups is 1. The van der Waals surface area contributed by atoms with Gasteiger partial charge in [-0.15, -0.1) is 10.2 Å². The number of anilines is 1. The van der Waals surface area contributed by atoms with Gasteiger partial charge in [0.2, 0.25) is 5.91 Å². The van der Waals surface area contributed by atoms with Crippen LogP contribution in [0, 0.1) is 18.6 Å². The molecule has 0 unspecified atom stereocenters. The number of aryl methyl sites for hydroxylation is 1. The summed E-state index contributed by atoms with van der Waals surface area (Å²) in [7, 11) is 0. The first-order valence-electron chi connectivity index (χ1n) is 9.32. The number of benzene rings is 2. The lowest BCUT2D eigenvalue weighted by Crippen LogP contribution is -2.23.